The molecule has 2 aromatic rings. The summed E-state index contributed by atoms with van der Waals surface area (Å²) < 4.78 is 25.5. The van der Waals surface area contributed by atoms with Crippen LogP contribution in [-0.4, -0.2) is 67.3 Å². The van der Waals surface area contributed by atoms with Gasteiger partial charge in [-0.1, -0.05) is 23.2 Å². The molecule has 6 heterocycles. The summed E-state index contributed by atoms with van der Waals surface area (Å²) >= 11 is 18.1. The number of likely N-dealkylation sites (tertiary alicyclic amines) is 1. The Kier molecular flexibility index (Phi) is 9.47. The minimum absolute atomic E-state index is 0.0144. The standard InChI is InChI=1S/C20H25Cl2NO3.C18H24ClNO2/c1-19(2)15-10-20(5-7-23(8-6-20)17(24)11-21)12-25-18(15)14-9-13(22)3-4-16(14)26-19;1-17(2)14-10-18(5-7-20-8-6-18)11-21-16(14)13-9-12(19)3-4-15(13)22-17/h3-4,9,15,18H,5-8,10-12H2,1-2H3;3-4,9,14,16,20H,5-8,10-11H2,1-2H3. The van der Waals surface area contributed by atoms with Crippen molar-refractivity contribution in [1.29, 1.82) is 0 Å². The van der Waals surface area contributed by atoms with Crippen molar-refractivity contribution in [1.82, 2.24) is 10.2 Å². The maximum atomic E-state index is 11.9. The molecule has 4 atom stereocenters. The van der Waals surface area contributed by atoms with Crippen LogP contribution in [0.15, 0.2) is 36.4 Å². The highest BCUT2D eigenvalue weighted by Gasteiger charge is 2.54. The van der Waals surface area contributed by atoms with Crippen molar-refractivity contribution in [3.05, 3.63) is 57.6 Å². The fourth-order valence-corrected chi connectivity index (χ4v) is 9.75. The molecule has 0 bridgehead atoms. The Morgan fingerprint density at radius 1 is 0.771 bits per heavy atom. The Bertz CT molecular complexity index is 1520. The van der Waals surface area contributed by atoms with E-state index in [1.54, 1.807) is 0 Å². The quantitative estimate of drug-likeness (QED) is 0.299. The number of alkyl halides is 1. The van der Waals surface area contributed by atoms with Crippen LogP contribution in [0.2, 0.25) is 10.0 Å². The summed E-state index contributed by atoms with van der Waals surface area (Å²) in [6, 6.07) is 11.7. The predicted molar refractivity (Wildman–Crippen MR) is 189 cm³/mol. The lowest BCUT2D eigenvalue weighted by Crippen LogP contribution is -2.54. The van der Waals surface area contributed by atoms with Crippen LogP contribution in [0.4, 0.5) is 0 Å². The van der Waals surface area contributed by atoms with E-state index in [9.17, 15) is 4.79 Å². The third-order valence-electron chi connectivity index (χ3n) is 12.2. The summed E-state index contributed by atoms with van der Waals surface area (Å²) in [7, 11) is 0. The van der Waals surface area contributed by atoms with Crippen LogP contribution in [0, 0.1) is 22.7 Å². The molecular formula is C38H49Cl3N2O5. The molecule has 1 amide bonds. The lowest BCUT2D eigenvalue weighted by Gasteiger charge is -2.54. The second-order valence-electron chi connectivity index (χ2n) is 16.1. The van der Waals surface area contributed by atoms with Crippen molar-refractivity contribution < 1.29 is 23.7 Å². The number of benzene rings is 2. The summed E-state index contributed by atoms with van der Waals surface area (Å²) in [6.45, 7) is 14.0. The zero-order valence-electron chi connectivity index (χ0n) is 28.6. The van der Waals surface area contributed by atoms with E-state index < -0.39 is 0 Å². The zero-order valence-corrected chi connectivity index (χ0v) is 30.9. The first-order chi connectivity index (χ1) is 22.8. The highest BCUT2D eigenvalue weighted by molar-refractivity contribution is 6.31. The number of carbonyl (C=O) groups excluding carboxylic acids is 1. The van der Waals surface area contributed by atoms with Crippen molar-refractivity contribution in [2.45, 2.75) is 89.6 Å². The van der Waals surface area contributed by atoms with Crippen LogP contribution < -0.4 is 14.8 Å². The minimum atomic E-state index is -0.304. The molecule has 262 valence electrons. The number of carbonyl (C=O) groups is 1. The van der Waals surface area contributed by atoms with Crippen LogP contribution in [-0.2, 0) is 14.3 Å². The average Bonchev–Trinajstić information content (AvgIpc) is 3.06. The van der Waals surface area contributed by atoms with E-state index in [0.29, 0.717) is 16.4 Å². The Hall–Kier alpha value is -1.74. The highest BCUT2D eigenvalue weighted by atomic mass is 35.5. The smallest absolute Gasteiger partial charge is 0.237 e. The molecule has 4 unspecified atom stereocenters. The first-order valence-electron chi connectivity index (χ1n) is 17.6. The first kappa shape index (κ1) is 34.7. The van der Waals surface area contributed by atoms with Gasteiger partial charge >= 0.3 is 0 Å². The molecule has 2 spiro atoms. The third kappa shape index (κ3) is 6.57. The average molecular weight is 720 g/mol. The lowest BCUT2D eigenvalue weighted by atomic mass is 9.64. The number of hydrogen-bond acceptors (Lipinski definition) is 6. The van der Waals surface area contributed by atoms with Crippen molar-refractivity contribution in [2.75, 3.05) is 45.3 Å². The lowest BCUT2D eigenvalue weighted by molar-refractivity contribution is -0.175. The van der Waals surface area contributed by atoms with Gasteiger partial charge in [0.25, 0.3) is 0 Å². The Labute approximate surface area is 300 Å². The van der Waals surface area contributed by atoms with Crippen LogP contribution >= 0.6 is 34.8 Å². The third-order valence-corrected chi connectivity index (χ3v) is 12.9. The molecule has 0 saturated carbocycles. The van der Waals surface area contributed by atoms with Gasteiger partial charge in [0.15, 0.2) is 0 Å². The molecule has 4 fully saturated rings. The molecule has 4 saturated heterocycles. The summed E-state index contributed by atoms with van der Waals surface area (Å²) in [5, 5.41) is 4.93. The number of piperidine rings is 2. The number of ether oxygens (including phenoxy) is 4. The molecule has 2 aromatic carbocycles. The van der Waals surface area contributed by atoms with Gasteiger partial charge in [0, 0.05) is 46.1 Å². The van der Waals surface area contributed by atoms with Crippen LogP contribution in [0.1, 0.15) is 89.6 Å². The van der Waals surface area contributed by atoms with E-state index in [1.807, 2.05) is 41.3 Å². The van der Waals surface area contributed by atoms with Gasteiger partial charge in [0.05, 0.1) is 25.4 Å². The van der Waals surface area contributed by atoms with Gasteiger partial charge in [-0.15, -0.1) is 11.6 Å². The van der Waals surface area contributed by atoms with Crippen LogP contribution in [0.3, 0.4) is 0 Å². The van der Waals surface area contributed by atoms with E-state index in [1.165, 1.54) is 19.3 Å². The Morgan fingerprint density at radius 2 is 1.23 bits per heavy atom. The number of hydrogen-bond donors (Lipinski definition) is 1. The first-order valence-corrected chi connectivity index (χ1v) is 18.9. The monoisotopic (exact) mass is 718 g/mol. The molecule has 0 aliphatic carbocycles. The van der Waals surface area contributed by atoms with Crippen molar-refractivity contribution >= 4 is 40.7 Å². The van der Waals surface area contributed by atoms with Gasteiger partial charge in [-0.25, -0.2) is 0 Å². The van der Waals surface area contributed by atoms with E-state index in [-0.39, 0.29) is 46.5 Å². The maximum Gasteiger partial charge on any atom is 0.237 e. The second-order valence-corrected chi connectivity index (χ2v) is 17.3. The van der Waals surface area contributed by atoms with E-state index in [0.717, 1.165) is 86.3 Å². The van der Waals surface area contributed by atoms with Crippen LogP contribution in [0.5, 0.6) is 11.5 Å². The number of halogens is 3. The Morgan fingerprint density at radius 3 is 1.69 bits per heavy atom. The highest BCUT2D eigenvalue weighted by Crippen LogP contribution is 2.57. The van der Waals surface area contributed by atoms with Gasteiger partial charge in [0.1, 0.15) is 28.6 Å². The molecule has 10 heteroatoms. The fraction of sp³-hybridized carbons (Fsp3) is 0.658. The van der Waals surface area contributed by atoms with Gasteiger partial charge in [0.2, 0.25) is 5.91 Å². The summed E-state index contributed by atoms with van der Waals surface area (Å²) in [6.07, 6.45) is 6.66. The maximum absolute atomic E-state index is 11.9. The van der Waals surface area contributed by atoms with Gasteiger partial charge in [-0.2, -0.15) is 0 Å². The predicted octanol–water partition coefficient (Wildman–Crippen LogP) is 8.39. The summed E-state index contributed by atoms with van der Waals surface area (Å²) in [5.74, 6) is 2.53. The number of rotatable bonds is 1. The molecule has 7 nitrogen and oxygen atoms in total. The molecule has 6 aliphatic rings. The van der Waals surface area contributed by atoms with E-state index >= 15 is 0 Å². The van der Waals surface area contributed by atoms with E-state index in [4.69, 9.17) is 53.8 Å². The normalized spacial score (nSPS) is 30.3. The fourth-order valence-electron chi connectivity index (χ4n) is 9.22. The molecule has 48 heavy (non-hydrogen) atoms. The zero-order chi connectivity index (χ0) is 33.9. The second kappa shape index (κ2) is 13.1. The summed E-state index contributed by atoms with van der Waals surface area (Å²) in [5.41, 5.74) is 2.11. The molecule has 8 rings (SSSR count). The Balaban J connectivity index is 0.000000154. The number of nitrogens with one attached hydrogen (secondary N) is 1. The molecular weight excluding hydrogens is 671 g/mol. The van der Waals surface area contributed by atoms with Crippen molar-refractivity contribution in [3.8, 4) is 11.5 Å². The van der Waals surface area contributed by atoms with Gasteiger partial charge in [-0.3, -0.25) is 4.79 Å². The molecule has 1 N–H and O–H groups in total. The van der Waals surface area contributed by atoms with Gasteiger partial charge < -0.3 is 29.2 Å². The molecule has 0 radical (unpaired) electrons. The summed E-state index contributed by atoms with van der Waals surface area (Å²) in [4.78, 5) is 13.7. The largest absolute Gasteiger partial charge is 0.487 e. The van der Waals surface area contributed by atoms with Crippen molar-refractivity contribution in [3.63, 3.8) is 0 Å². The number of amides is 1. The minimum Gasteiger partial charge on any atom is -0.487 e. The topological polar surface area (TPSA) is 69.3 Å². The number of fused-ring (bicyclic) bond motifs is 6. The molecule has 6 aliphatic heterocycles. The molecule has 0 aromatic heterocycles. The van der Waals surface area contributed by atoms with Crippen LogP contribution in [0.25, 0.3) is 0 Å². The van der Waals surface area contributed by atoms with E-state index in [2.05, 4.69) is 33.0 Å². The van der Waals surface area contributed by atoms with Crippen molar-refractivity contribution in [2.24, 2.45) is 22.7 Å². The SMILES string of the molecule is CC1(C)Oc2ccc(Cl)cc2C2OCC3(CCN(C(=O)CCl)CC3)CC21.CC1(C)Oc2ccc(Cl)cc2C2OCC3(CCNCC3)CC21. The van der Waals surface area contributed by atoms with Gasteiger partial charge in [-0.05, 0) is 127 Å². The number of nitrogens with zero attached hydrogens (tertiary/aromatic N) is 1.